The van der Waals surface area contributed by atoms with E-state index in [1.165, 1.54) is 28.2 Å². The highest BCUT2D eigenvalue weighted by Crippen LogP contribution is 2.24. The van der Waals surface area contributed by atoms with E-state index in [-0.39, 0.29) is 0 Å². The van der Waals surface area contributed by atoms with Crippen molar-refractivity contribution in [1.29, 1.82) is 0 Å². The molecule has 1 N–H and O–H groups in total. The summed E-state index contributed by atoms with van der Waals surface area (Å²) in [6.07, 6.45) is 4.29. The Kier molecular flexibility index (Phi) is 3.52. The lowest BCUT2D eigenvalue weighted by atomic mass is 10.2. The predicted octanol–water partition coefficient (Wildman–Crippen LogP) is 2.02. The first kappa shape index (κ1) is 12.6. The first-order valence-electron chi connectivity index (χ1n) is 6.51. The molecule has 0 unspecified atom stereocenters. The van der Waals surface area contributed by atoms with Gasteiger partial charge in [0, 0.05) is 35.0 Å². The predicted molar refractivity (Wildman–Crippen MR) is 74.3 cm³/mol. The largest absolute Gasteiger partial charge is 0.457 e. The van der Waals surface area contributed by atoms with Crippen molar-refractivity contribution in [3.05, 3.63) is 27.7 Å². The molecule has 0 atom stereocenters. The van der Waals surface area contributed by atoms with Crippen molar-refractivity contribution in [2.24, 2.45) is 7.05 Å². The van der Waals surface area contributed by atoms with E-state index in [0.717, 1.165) is 12.6 Å². The third kappa shape index (κ3) is 3.33. The number of aromatic nitrogens is 3. The fraction of sp³-hybridized carbons (Fsp3) is 0.538. The molecule has 1 saturated carbocycles. The molecular weight excluding hydrogens is 260 g/mol. The van der Waals surface area contributed by atoms with Crippen molar-refractivity contribution < 1.29 is 4.74 Å². The standard InChI is InChI=1S/C13H18N4OS/c1-9-10(7-18-13-15-8-17(2)16-13)5-12(19-9)6-14-11-3-4-11/h5,8,11,14H,3-4,6-7H2,1-2H3. The number of ether oxygens (including phenoxy) is 1. The van der Waals surface area contributed by atoms with Gasteiger partial charge in [-0.25, -0.2) is 0 Å². The van der Waals surface area contributed by atoms with Gasteiger partial charge in [0.15, 0.2) is 0 Å². The SMILES string of the molecule is Cc1sc(CNC2CC2)cc1COc1ncn(C)n1. The molecule has 0 amide bonds. The number of hydrogen-bond donors (Lipinski definition) is 1. The quantitative estimate of drug-likeness (QED) is 0.878. The fourth-order valence-corrected chi connectivity index (χ4v) is 2.88. The molecular formula is C13H18N4OS. The number of nitrogens with zero attached hydrogens (tertiary/aromatic N) is 3. The van der Waals surface area contributed by atoms with Gasteiger partial charge in [0.25, 0.3) is 0 Å². The highest BCUT2D eigenvalue weighted by molar-refractivity contribution is 7.12. The van der Waals surface area contributed by atoms with Gasteiger partial charge in [0.05, 0.1) is 0 Å². The van der Waals surface area contributed by atoms with E-state index < -0.39 is 0 Å². The van der Waals surface area contributed by atoms with E-state index in [2.05, 4.69) is 28.4 Å². The summed E-state index contributed by atoms with van der Waals surface area (Å²) in [5, 5.41) is 7.64. The Morgan fingerprint density at radius 2 is 2.37 bits per heavy atom. The number of thiophene rings is 1. The second-order valence-electron chi connectivity index (χ2n) is 4.94. The maximum Gasteiger partial charge on any atom is 0.335 e. The van der Waals surface area contributed by atoms with Gasteiger partial charge in [-0.05, 0) is 25.8 Å². The molecule has 0 spiro atoms. The lowest BCUT2D eigenvalue weighted by Crippen LogP contribution is -2.14. The van der Waals surface area contributed by atoms with Crippen LogP contribution in [0.1, 0.15) is 28.2 Å². The van der Waals surface area contributed by atoms with Crippen LogP contribution in [-0.2, 0) is 20.2 Å². The molecule has 19 heavy (non-hydrogen) atoms. The van der Waals surface area contributed by atoms with Crippen LogP contribution in [0.25, 0.3) is 0 Å². The summed E-state index contributed by atoms with van der Waals surface area (Å²) in [5.41, 5.74) is 1.23. The summed E-state index contributed by atoms with van der Waals surface area (Å²) in [6.45, 7) is 3.64. The molecule has 1 fully saturated rings. The van der Waals surface area contributed by atoms with Gasteiger partial charge in [0.2, 0.25) is 0 Å². The van der Waals surface area contributed by atoms with E-state index in [0.29, 0.717) is 12.6 Å². The molecule has 0 saturated heterocycles. The minimum atomic E-state index is 0.436. The van der Waals surface area contributed by atoms with E-state index in [1.807, 2.05) is 18.4 Å². The molecule has 0 aliphatic heterocycles. The zero-order valence-corrected chi connectivity index (χ0v) is 12.0. The first-order chi connectivity index (χ1) is 9.20. The number of rotatable bonds is 6. The van der Waals surface area contributed by atoms with E-state index in [1.54, 1.807) is 11.0 Å². The molecule has 1 aliphatic carbocycles. The summed E-state index contributed by atoms with van der Waals surface area (Å²) in [7, 11) is 1.83. The third-order valence-corrected chi connectivity index (χ3v) is 4.24. The molecule has 3 rings (SSSR count). The zero-order chi connectivity index (χ0) is 13.2. The van der Waals surface area contributed by atoms with Gasteiger partial charge in [-0.3, -0.25) is 4.68 Å². The van der Waals surface area contributed by atoms with Crippen LogP contribution in [0.3, 0.4) is 0 Å². The number of nitrogens with one attached hydrogen (secondary N) is 1. The van der Waals surface area contributed by atoms with Gasteiger partial charge in [-0.15, -0.1) is 16.4 Å². The molecule has 6 heteroatoms. The van der Waals surface area contributed by atoms with Gasteiger partial charge >= 0.3 is 6.01 Å². The molecule has 2 aromatic heterocycles. The van der Waals surface area contributed by atoms with Crippen LogP contribution in [0.4, 0.5) is 0 Å². The summed E-state index contributed by atoms with van der Waals surface area (Å²) in [6, 6.07) is 3.41. The van der Waals surface area contributed by atoms with Gasteiger partial charge in [0.1, 0.15) is 12.9 Å². The van der Waals surface area contributed by atoms with Crippen molar-refractivity contribution in [2.45, 2.75) is 39.0 Å². The van der Waals surface area contributed by atoms with Gasteiger partial charge < -0.3 is 10.1 Å². The molecule has 1 aliphatic rings. The van der Waals surface area contributed by atoms with Crippen molar-refractivity contribution in [3.63, 3.8) is 0 Å². The maximum absolute atomic E-state index is 5.59. The first-order valence-corrected chi connectivity index (χ1v) is 7.32. The Labute approximate surface area is 116 Å². The maximum atomic E-state index is 5.59. The fourth-order valence-electron chi connectivity index (χ4n) is 1.88. The summed E-state index contributed by atoms with van der Waals surface area (Å²) in [4.78, 5) is 6.74. The second kappa shape index (κ2) is 5.30. The Morgan fingerprint density at radius 3 is 3.05 bits per heavy atom. The van der Waals surface area contributed by atoms with Crippen LogP contribution < -0.4 is 10.1 Å². The smallest absolute Gasteiger partial charge is 0.335 e. The van der Waals surface area contributed by atoms with Crippen LogP contribution in [0.5, 0.6) is 6.01 Å². The minimum Gasteiger partial charge on any atom is -0.457 e. The van der Waals surface area contributed by atoms with Crippen LogP contribution >= 0.6 is 11.3 Å². The molecule has 2 aromatic rings. The van der Waals surface area contributed by atoms with Crippen LogP contribution in [0.15, 0.2) is 12.4 Å². The van der Waals surface area contributed by atoms with Crippen molar-refractivity contribution in [3.8, 4) is 6.01 Å². The van der Waals surface area contributed by atoms with E-state index >= 15 is 0 Å². The second-order valence-corrected chi connectivity index (χ2v) is 6.28. The Hall–Kier alpha value is -1.40. The topological polar surface area (TPSA) is 52.0 Å². The highest BCUT2D eigenvalue weighted by Gasteiger charge is 2.20. The third-order valence-electron chi connectivity index (χ3n) is 3.15. The molecule has 0 aromatic carbocycles. The van der Waals surface area contributed by atoms with Gasteiger partial charge in [-0.1, -0.05) is 0 Å². The number of hydrogen-bond acceptors (Lipinski definition) is 5. The summed E-state index contributed by atoms with van der Waals surface area (Å²) in [5.74, 6) is 0. The normalized spacial score (nSPS) is 14.8. The molecule has 0 radical (unpaired) electrons. The Bertz CT molecular complexity index is 559. The zero-order valence-electron chi connectivity index (χ0n) is 11.2. The highest BCUT2D eigenvalue weighted by atomic mass is 32.1. The Balaban J connectivity index is 1.57. The average molecular weight is 278 g/mol. The minimum absolute atomic E-state index is 0.436. The summed E-state index contributed by atoms with van der Waals surface area (Å²) >= 11 is 1.84. The van der Waals surface area contributed by atoms with Crippen LogP contribution in [0, 0.1) is 6.92 Å². The lowest BCUT2D eigenvalue weighted by Gasteiger charge is -2.00. The van der Waals surface area contributed by atoms with Crippen molar-refractivity contribution in [1.82, 2.24) is 20.1 Å². The lowest BCUT2D eigenvalue weighted by molar-refractivity contribution is 0.280. The monoisotopic (exact) mass is 278 g/mol. The molecule has 5 nitrogen and oxygen atoms in total. The van der Waals surface area contributed by atoms with Crippen LogP contribution in [0.2, 0.25) is 0 Å². The average Bonchev–Trinajstić information content (AvgIpc) is 3.02. The van der Waals surface area contributed by atoms with Crippen molar-refractivity contribution >= 4 is 11.3 Å². The molecule has 0 bridgehead atoms. The Morgan fingerprint density at radius 1 is 1.53 bits per heavy atom. The molecule has 2 heterocycles. The van der Waals surface area contributed by atoms with E-state index in [9.17, 15) is 0 Å². The van der Waals surface area contributed by atoms with E-state index in [4.69, 9.17) is 4.74 Å². The van der Waals surface area contributed by atoms with Crippen LogP contribution in [-0.4, -0.2) is 20.8 Å². The molecule has 102 valence electrons. The summed E-state index contributed by atoms with van der Waals surface area (Å²) < 4.78 is 7.23. The number of aryl methyl sites for hydroxylation is 2. The van der Waals surface area contributed by atoms with Gasteiger partial charge in [-0.2, -0.15) is 4.98 Å². The van der Waals surface area contributed by atoms with Crippen molar-refractivity contribution in [2.75, 3.05) is 0 Å².